The second-order valence-electron chi connectivity index (χ2n) is 6.40. The van der Waals surface area contributed by atoms with Gasteiger partial charge in [0.1, 0.15) is 5.42 Å². The number of nitrogens with one attached hydrogen (secondary N) is 1. The number of fused-ring (bicyclic) bond motifs is 5. The molecule has 122 valence electrons. The van der Waals surface area contributed by atoms with Gasteiger partial charge in [0, 0.05) is 23.3 Å². The molecule has 2 aromatic rings. The molecule has 0 radical (unpaired) electrons. The van der Waals surface area contributed by atoms with E-state index < -0.39 is 0 Å². The van der Waals surface area contributed by atoms with Crippen molar-refractivity contribution < 1.29 is 5.84 Å². The minimum atomic E-state index is -0.249. The average Bonchev–Trinajstić information content (AvgIpc) is 2.95. The Morgan fingerprint density at radius 2 is 1.96 bits per heavy atom. The van der Waals surface area contributed by atoms with Gasteiger partial charge in [-0.05, 0) is 44.9 Å². The molecule has 0 saturated carbocycles. The van der Waals surface area contributed by atoms with Gasteiger partial charge in [-0.2, -0.15) is 0 Å². The largest absolute Gasteiger partial charge is 0.423 e. The molecule has 1 aliphatic heterocycles. The summed E-state index contributed by atoms with van der Waals surface area (Å²) >= 11 is 0. The lowest BCUT2D eigenvalue weighted by Crippen LogP contribution is -2.33. The molecule has 1 N–H and O–H groups in total. The Hall–Kier alpha value is -2.29. The standard InChI is InChI=1S/C18H17NO2.C2H6.H2/c1-10-9-18(2,3)19-13-8-7-12-11-5-4-6-14(11)21-17(20)16(12)15(10)13;1-2;/h5-9,19H,4H2,1-3H3;1-2H3;1H. The number of benzene rings is 1. The van der Waals surface area contributed by atoms with Crippen LogP contribution in [0.2, 0.25) is 0 Å². The molecule has 0 fully saturated rings. The van der Waals surface area contributed by atoms with Crippen molar-refractivity contribution >= 4 is 34.2 Å². The van der Waals surface area contributed by atoms with Crippen molar-refractivity contribution in [3.8, 4) is 0 Å². The van der Waals surface area contributed by atoms with Gasteiger partial charge in [0.25, 0.3) is 0 Å². The zero-order valence-electron chi connectivity index (χ0n) is 14.4. The van der Waals surface area contributed by atoms with Crippen molar-refractivity contribution in [2.45, 2.75) is 46.6 Å². The van der Waals surface area contributed by atoms with Crippen LogP contribution in [0.4, 0.5) is 5.69 Å². The molecule has 1 aliphatic carbocycles. The van der Waals surface area contributed by atoms with Crippen molar-refractivity contribution in [1.82, 2.24) is 0 Å². The third kappa shape index (κ3) is 2.40. The first-order valence-electron chi connectivity index (χ1n) is 8.24. The van der Waals surface area contributed by atoms with Gasteiger partial charge >= 0.3 is 5.63 Å². The first kappa shape index (κ1) is 15.6. The van der Waals surface area contributed by atoms with Gasteiger partial charge in [-0.1, -0.05) is 32.1 Å². The molecule has 1 aromatic carbocycles. The van der Waals surface area contributed by atoms with E-state index in [2.05, 4.69) is 44.3 Å². The highest BCUT2D eigenvalue weighted by Gasteiger charge is 2.25. The van der Waals surface area contributed by atoms with Crippen molar-refractivity contribution in [3.05, 3.63) is 44.8 Å². The molecular weight excluding hydrogens is 286 g/mol. The minimum absolute atomic E-state index is 0. The molecule has 4 rings (SSSR count). The van der Waals surface area contributed by atoms with Crippen LogP contribution in [0.5, 0.6) is 0 Å². The summed E-state index contributed by atoms with van der Waals surface area (Å²) in [5, 5.41) is 6.20. The Morgan fingerprint density at radius 1 is 1.22 bits per heavy atom. The summed E-state index contributed by atoms with van der Waals surface area (Å²) in [6.45, 7) is 10.3. The Bertz CT molecular complexity index is 997. The highest BCUT2D eigenvalue weighted by Crippen LogP contribution is 2.36. The normalized spacial score (nSPS) is 16.8. The number of rotatable bonds is 0. The van der Waals surface area contributed by atoms with E-state index in [1.807, 2.05) is 26.0 Å². The number of hydrogen-bond donors (Lipinski definition) is 1. The molecule has 1 aromatic heterocycles. The lowest BCUT2D eigenvalue weighted by atomic mass is 9.88. The van der Waals surface area contributed by atoms with E-state index in [0.29, 0.717) is 10.8 Å². The van der Waals surface area contributed by atoms with Crippen LogP contribution in [0.1, 0.15) is 48.0 Å². The molecule has 0 unspecified atom stereocenters. The van der Waals surface area contributed by atoms with E-state index in [1.54, 1.807) is 0 Å². The van der Waals surface area contributed by atoms with Gasteiger partial charge in [0.15, 0.2) is 0 Å². The van der Waals surface area contributed by atoms with E-state index in [1.165, 1.54) is 0 Å². The highest BCUT2D eigenvalue weighted by molar-refractivity contribution is 6.00. The maximum Gasteiger partial charge on any atom is 0.344 e. The summed E-state index contributed by atoms with van der Waals surface area (Å²) in [5.41, 5.74) is 3.44. The lowest BCUT2D eigenvalue weighted by Gasteiger charge is -2.31. The molecule has 0 spiro atoms. The topological polar surface area (TPSA) is 42.2 Å². The van der Waals surface area contributed by atoms with Crippen molar-refractivity contribution in [2.24, 2.45) is 0 Å². The summed E-state index contributed by atoms with van der Waals surface area (Å²) in [6, 6.07) is 4.10. The molecule has 3 heteroatoms. The van der Waals surface area contributed by atoms with Gasteiger partial charge in [0.05, 0.1) is 10.9 Å². The smallest absolute Gasteiger partial charge is 0.344 e. The Morgan fingerprint density at radius 3 is 2.70 bits per heavy atom. The molecule has 23 heavy (non-hydrogen) atoms. The predicted molar refractivity (Wildman–Crippen MR) is 100 cm³/mol. The van der Waals surface area contributed by atoms with Gasteiger partial charge in [-0.15, -0.1) is 0 Å². The maximum absolute atomic E-state index is 12.5. The maximum atomic E-state index is 12.5. The van der Waals surface area contributed by atoms with Crippen LogP contribution in [0.3, 0.4) is 0 Å². The third-order valence-electron chi connectivity index (χ3n) is 4.22. The molecule has 0 saturated heterocycles. The summed E-state index contributed by atoms with van der Waals surface area (Å²) in [5.74, 6) is 0. The van der Waals surface area contributed by atoms with Crippen molar-refractivity contribution in [2.75, 3.05) is 5.32 Å². The number of hydrogen-bond acceptors (Lipinski definition) is 3. The third-order valence-corrected chi connectivity index (χ3v) is 4.22. The average molecular weight is 311 g/mol. The Labute approximate surface area is 137 Å². The Kier molecular flexibility index (Phi) is 3.67. The second kappa shape index (κ2) is 5.41. The van der Waals surface area contributed by atoms with Crippen molar-refractivity contribution in [3.63, 3.8) is 0 Å². The summed E-state index contributed by atoms with van der Waals surface area (Å²) in [7, 11) is 0. The fraction of sp³-hybridized carbons (Fsp3) is 0.350. The number of anilines is 1. The van der Waals surface area contributed by atoms with Crippen LogP contribution in [-0.2, 0) is 0 Å². The highest BCUT2D eigenvalue weighted by atomic mass is 16.4. The molecule has 0 atom stereocenters. The van der Waals surface area contributed by atoms with Crippen LogP contribution in [0, 0.1) is 0 Å². The van der Waals surface area contributed by atoms with Gasteiger partial charge in [0.2, 0.25) is 0 Å². The number of allylic oxidation sites excluding steroid dienone is 1. The van der Waals surface area contributed by atoms with Gasteiger partial charge < -0.3 is 9.73 Å². The van der Waals surface area contributed by atoms with E-state index in [-0.39, 0.29) is 12.6 Å². The first-order valence-corrected chi connectivity index (χ1v) is 8.24. The second-order valence-corrected chi connectivity index (χ2v) is 6.40. The quantitative estimate of drug-likeness (QED) is 0.808. The van der Waals surface area contributed by atoms with Crippen LogP contribution < -0.4 is 21.6 Å². The summed E-state index contributed by atoms with van der Waals surface area (Å²) < 4.78 is 5.50. The first-order chi connectivity index (χ1) is 11.0. The molecule has 0 amide bonds. The summed E-state index contributed by atoms with van der Waals surface area (Å²) in [6.07, 6.45) is 7.07. The van der Waals surface area contributed by atoms with Gasteiger partial charge in [-0.3, -0.25) is 0 Å². The zero-order valence-corrected chi connectivity index (χ0v) is 14.4. The predicted octanol–water partition coefficient (Wildman–Crippen LogP) is 3.64. The molecule has 0 bridgehead atoms. The van der Waals surface area contributed by atoms with E-state index >= 15 is 0 Å². The fourth-order valence-electron chi connectivity index (χ4n) is 3.53. The van der Waals surface area contributed by atoms with Gasteiger partial charge in [-0.25, -0.2) is 4.79 Å². The molecule has 3 nitrogen and oxygen atoms in total. The molecule has 2 heterocycles. The van der Waals surface area contributed by atoms with E-state index in [0.717, 1.165) is 33.8 Å². The molecular formula is C20H25NO2. The van der Waals surface area contributed by atoms with E-state index in [9.17, 15) is 4.79 Å². The van der Waals surface area contributed by atoms with Crippen LogP contribution in [-0.4, -0.2) is 5.54 Å². The van der Waals surface area contributed by atoms with Crippen LogP contribution in [0.25, 0.3) is 28.5 Å². The van der Waals surface area contributed by atoms with Crippen molar-refractivity contribution in [1.29, 1.82) is 0 Å². The van der Waals surface area contributed by atoms with Crippen LogP contribution >= 0.6 is 0 Å². The Balaban J connectivity index is 0.000000670. The van der Waals surface area contributed by atoms with E-state index in [4.69, 9.17) is 4.42 Å². The minimum Gasteiger partial charge on any atom is -0.423 e. The zero-order chi connectivity index (χ0) is 16.8. The summed E-state index contributed by atoms with van der Waals surface area (Å²) in [4.78, 5) is 12.5. The molecule has 2 aliphatic rings. The van der Waals surface area contributed by atoms with Crippen LogP contribution in [0.15, 0.2) is 27.4 Å². The fourth-order valence-corrected chi connectivity index (χ4v) is 3.53. The SMILES string of the molecule is CC.CC1=CC(C)(C)Nc2ccc3c4c(oc(=O)c3c21)=CCC=4.[HH]. The lowest BCUT2D eigenvalue weighted by molar-refractivity contribution is 0.483. The monoisotopic (exact) mass is 311 g/mol.